The summed E-state index contributed by atoms with van der Waals surface area (Å²) in [4.78, 5) is 24.2. The Bertz CT molecular complexity index is 918. The number of carbonyl (C=O) groups excluding carboxylic acids is 1. The van der Waals surface area contributed by atoms with Gasteiger partial charge in [0, 0.05) is 0 Å². The molecule has 0 aromatic heterocycles. The molecule has 5 heteroatoms. The zero-order chi connectivity index (χ0) is 19.4. The van der Waals surface area contributed by atoms with E-state index in [9.17, 15) is 9.69 Å². The first-order valence-electron chi connectivity index (χ1n) is 8.72. The van der Waals surface area contributed by atoms with Crippen molar-refractivity contribution in [1.29, 1.82) is 0 Å². The van der Waals surface area contributed by atoms with Crippen molar-refractivity contribution in [1.82, 2.24) is 0 Å². The summed E-state index contributed by atoms with van der Waals surface area (Å²) in [6, 6.07) is 21.5. The normalized spacial score (nSPS) is 11.7. The molecule has 0 radical (unpaired) electrons. The summed E-state index contributed by atoms with van der Waals surface area (Å²) in [6.45, 7) is 5.69. The molecule has 0 saturated heterocycles. The Hall–Kier alpha value is -2.68. The van der Waals surface area contributed by atoms with Crippen LogP contribution in [-0.4, -0.2) is 10.9 Å². The predicted molar refractivity (Wildman–Crippen MR) is 110 cm³/mol. The SMILES string of the molecule is Cc1cc(C)c(C(=O)O[PH](O)(Oc2ccccc2)c2ccccc2)c(C)c1. The van der Waals surface area contributed by atoms with Crippen LogP contribution in [0, 0.1) is 20.8 Å². The Balaban J connectivity index is 1.98. The van der Waals surface area contributed by atoms with E-state index in [2.05, 4.69) is 0 Å². The van der Waals surface area contributed by atoms with E-state index in [1.165, 1.54) is 0 Å². The first-order valence-corrected chi connectivity index (χ1v) is 10.5. The van der Waals surface area contributed by atoms with Gasteiger partial charge in [0.2, 0.25) is 0 Å². The van der Waals surface area contributed by atoms with Gasteiger partial charge in [-0.2, -0.15) is 0 Å². The molecule has 3 aromatic rings. The van der Waals surface area contributed by atoms with Crippen LogP contribution in [0.15, 0.2) is 72.8 Å². The van der Waals surface area contributed by atoms with E-state index < -0.39 is 13.9 Å². The molecule has 0 atom stereocenters. The van der Waals surface area contributed by atoms with E-state index in [0.29, 0.717) is 16.6 Å². The van der Waals surface area contributed by atoms with Crippen molar-refractivity contribution in [2.75, 3.05) is 0 Å². The van der Waals surface area contributed by atoms with Crippen LogP contribution in [0.1, 0.15) is 27.0 Å². The second-order valence-corrected chi connectivity index (χ2v) is 8.68. The zero-order valence-electron chi connectivity index (χ0n) is 15.6. The Morgan fingerprint density at radius 1 is 0.852 bits per heavy atom. The molecule has 0 aliphatic carbocycles. The summed E-state index contributed by atoms with van der Waals surface area (Å²) in [5.41, 5.74) is 3.14. The minimum absolute atomic E-state index is 0.445. The third-order valence-electron chi connectivity index (χ3n) is 4.25. The zero-order valence-corrected chi connectivity index (χ0v) is 16.6. The van der Waals surface area contributed by atoms with Gasteiger partial charge in [0.1, 0.15) is 0 Å². The molecule has 0 unspecified atom stereocenters. The molecule has 27 heavy (non-hydrogen) atoms. The number of benzene rings is 3. The number of aryl methyl sites for hydroxylation is 3. The number of hydrogen-bond acceptors (Lipinski definition) is 4. The Labute approximate surface area is 160 Å². The summed E-state index contributed by atoms with van der Waals surface area (Å²) in [7, 11) is -4.02. The molecule has 3 aromatic carbocycles. The minimum atomic E-state index is -4.02. The van der Waals surface area contributed by atoms with E-state index in [1.54, 1.807) is 48.5 Å². The van der Waals surface area contributed by atoms with Crippen molar-refractivity contribution >= 4 is 19.2 Å². The first-order chi connectivity index (χ1) is 12.9. The van der Waals surface area contributed by atoms with Crippen LogP contribution >= 0.6 is 7.94 Å². The van der Waals surface area contributed by atoms with Crippen LogP contribution in [0.3, 0.4) is 0 Å². The molecule has 0 fully saturated rings. The fourth-order valence-electron chi connectivity index (χ4n) is 3.11. The number of carbonyl (C=O) groups is 1. The van der Waals surface area contributed by atoms with Crippen LogP contribution in [0.2, 0.25) is 0 Å². The molecular weight excluding hydrogens is 359 g/mol. The molecule has 0 amide bonds. The van der Waals surface area contributed by atoms with Gasteiger partial charge >= 0.3 is 160 Å². The maximum atomic E-state index is 12.9. The van der Waals surface area contributed by atoms with Crippen LogP contribution in [0.5, 0.6) is 5.75 Å². The second kappa shape index (κ2) is 7.91. The van der Waals surface area contributed by atoms with Crippen LogP contribution in [0.25, 0.3) is 0 Å². The molecular formula is C22H23O4P. The Kier molecular flexibility index (Phi) is 5.59. The van der Waals surface area contributed by atoms with Gasteiger partial charge in [0.05, 0.1) is 0 Å². The molecule has 140 valence electrons. The fraction of sp³-hybridized carbons (Fsp3) is 0.136. The Morgan fingerprint density at radius 3 is 1.93 bits per heavy atom. The van der Waals surface area contributed by atoms with E-state index in [0.717, 1.165) is 16.7 Å². The van der Waals surface area contributed by atoms with E-state index >= 15 is 0 Å². The second-order valence-electron chi connectivity index (χ2n) is 6.53. The first kappa shape index (κ1) is 19.1. The van der Waals surface area contributed by atoms with Crippen molar-refractivity contribution in [2.45, 2.75) is 20.8 Å². The van der Waals surface area contributed by atoms with E-state index in [4.69, 9.17) is 9.05 Å². The molecule has 4 nitrogen and oxygen atoms in total. The van der Waals surface area contributed by atoms with Crippen molar-refractivity contribution in [3.05, 3.63) is 95.1 Å². The van der Waals surface area contributed by atoms with Gasteiger partial charge in [-0.15, -0.1) is 0 Å². The van der Waals surface area contributed by atoms with Gasteiger partial charge in [0.25, 0.3) is 0 Å². The summed E-state index contributed by atoms with van der Waals surface area (Å²) >= 11 is 0. The molecule has 0 aliphatic heterocycles. The van der Waals surface area contributed by atoms with Crippen molar-refractivity contribution in [3.63, 3.8) is 0 Å². The van der Waals surface area contributed by atoms with Gasteiger partial charge in [-0.05, 0) is 0 Å². The number of rotatable bonds is 5. The van der Waals surface area contributed by atoms with Crippen LogP contribution in [0.4, 0.5) is 0 Å². The molecule has 0 bridgehead atoms. The predicted octanol–water partition coefficient (Wildman–Crippen LogP) is 4.66. The molecule has 3 rings (SSSR count). The topological polar surface area (TPSA) is 55.8 Å². The molecule has 0 spiro atoms. The molecule has 1 N–H and O–H groups in total. The summed E-state index contributed by atoms with van der Waals surface area (Å²) in [5, 5.41) is 0.463. The van der Waals surface area contributed by atoms with Crippen LogP contribution < -0.4 is 9.83 Å². The monoisotopic (exact) mass is 382 g/mol. The maximum absolute atomic E-state index is 12.9. The number of para-hydroxylation sites is 1. The van der Waals surface area contributed by atoms with Gasteiger partial charge in [0.15, 0.2) is 0 Å². The van der Waals surface area contributed by atoms with Crippen molar-refractivity contribution < 1.29 is 18.7 Å². The van der Waals surface area contributed by atoms with E-state index in [1.807, 2.05) is 45.0 Å². The third-order valence-corrected chi connectivity index (χ3v) is 6.29. The standard InChI is InChI=1S/C22H23O4P/c1-16-14-17(2)21(18(3)15-16)22(23)26-27(24,20-12-8-5-9-13-20)25-19-10-6-4-7-11-19/h4-15,24,27H,1-3H3. The van der Waals surface area contributed by atoms with Crippen molar-refractivity contribution in [3.8, 4) is 5.75 Å². The van der Waals surface area contributed by atoms with Gasteiger partial charge in [-0.1, -0.05) is 0 Å². The number of hydrogen-bond donors (Lipinski definition) is 1. The Morgan fingerprint density at radius 2 is 1.37 bits per heavy atom. The summed E-state index contributed by atoms with van der Waals surface area (Å²) in [6.07, 6.45) is 0. The van der Waals surface area contributed by atoms with Crippen molar-refractivity contribution in [2.24, 2.45) is 0 Å². The summed E-state index contributed by atoms with van der Waals surface area (Å²) in [5.74, 6) is -0.139. The van der Waals surface area contributed by atoms with E-state index in [-0.39, 0.29) is 0 Å². The average Bonchev–Trinajstić information content (AvgIpc) is 2.62. The van der Waals surface area contributed by atoms with Gasteiger partial charge in [-0.25, -0.2) is 0 Å². The average molecular weight is 382 g/mol. The molecule has 0 saturated carbocycles. The molecule has 0 aliphatic rings. The fourth-order valence-corrected chi connectivity index (χ4v) is 4.81. The third kappa shape index (κ3) is 4.36. The van der Waals surface area contributed by atoms with Crippen LogP contribution in [-0.2, 0) is 4.52 Å². The van der Waals surface area contributed by atoms with Gasteiger partial charge < -0.3 is 0 Å². The quantitative estimate of drug-likeness (QED) is 0.652. The summed E-state index contributed by atoms with van der Waals surface area (Å²) < 4.78 is 11.5. The van der Waals surface area contributed by atoms with Gasteiger partial charge in [-0.3, -0.25) is 0 Å². The molecule has 0 heterocycles.